The number of aromatic amines is 1. The molecule has 0 spiro atoms. The van der Waals surface area contributed by atoms with Gasteiger partial charge in [-0.2, -0.15) is 5.10 Å². The Bertz CT molecular complexity index is 1160. The second kappa shape index (κ2) is 10.3. The van der Waals surface area contributed by atoms with E-state index in [9.17, 15) is 4.39 Å². The summed E-state index contributed by atoms with van der Waals surface area (Å²) in [6.07, 6.45) is 8.63. The van der Waals surface area contributed by atoms with Gasteiger partial charge in [-0.05, 0) is 66.8 Å². The van der Waals surface area contributed by atoms with Gasteiger partial charge in [0.05, 0.1) is 6.54 Å². The number of H-pyrrole nitrogens is 1. The number of halogens is 1. The van der Waals surface area contributed by atoms with Crippen LogP contribution in [-0.2, 0) is 19.4 Å². The molecule has 0 unspecified atom stereocenters. The highest BCUT2D eigenvalue weighted by atomic mass is 19.1. The van der Waals surface area contributed by atoms with Crippen LogP contribution in [0, 0.1) is 5.82 Å². The van der Waals surface area contributed by atoms with Gasteiger partial charge < -0.3 is 14.8 Å². The largest absolute Gasteiger partial charge is 0.361 e. The molecule has 0 saturated carbocycles. The van der Waals surface area contributed by atoms with E-state index in [4.69, 9.17) is 0 Å². The van der Waals surface area contributed by atoms with E-state index in [1.807, 2.05) is 10.7 Å². The van der Waals surface area contributed by atoms with Gasteiger partial charge in [0.1, 0.15) is 18.5 Å². The molecular formula is C26H31FN6. The normalized spacial score (nSPS) is 15.4. The van der Waals surface area contributed by atoms with Crippen LogP contribution in [0.2, 0.25) is 0 Å². The Morgan fingerprint density at radius 1 is 0.909 bits per heavy atom. The number of aryl methyl sites for hydroxylation is 1. The Labute approximate surface area is 194 Å². The summed E-state index contributed by atoms with van der Waals surface area (Å²) in [7, 11) is 0. The zero-order chi connectivity index (χ0) is 22.5. The topological polar surface area (TPSA) is 53.0 Å². The van der Waals surface area contributed by atoms with Gasteiger partial charge in [0, 0.05) is 49.8 Å². The molecule has 1 aliphatic heterocycles. The molecule has 2 aromatic heterocycles. The Balaban J connectivity index is 1.07. The molecule has 1 aliphatic rings. The van der Waals surface area contributed by atoms with Crippen LogP contribution in [0.1, 0.15) is 23.1 Å². The lowest BCUT2D eigenvalue weighted by Crippen LogP contribution is -2.47. The number of piperazine rings is 1. The zero-order valence-electron chi connectivity index (χ0n) is 19.0. The van der Waals surface area contributed by atoms with E-state index >= 15 is 0 Å². The number of hydrogen-bond acceptors (Lipinski definition) is 4. The predicted octanol–water partition coefficient (Wildman–Crippen LogP) is 3.74. The summed E-state index contributed by atoms with van der Waals surface area (Å²) >= 11 is 0. The summed E-state index contributed by atoms with van der Waals surface area (Å²) in [5.41, 5.74) is 4.90. The standard InChI is InChI=1S/C26H31FN6/c27-24-5-1-3-21(15-24)8-10-32-13-11-31(12-14-32)9-2-4-23-17-29-26-7-6-22(16-25(23)26)18-33-20-28-19-30-33/h1,3,5-7,15-17,19-20,29H,2,4,8-14,18H2. The van der Waals surface area contributed by atoms with Gasteiger partial charge in [-0.1, -0.05) is 18.2 Å². The van der Waals surface area contributed by atoms with Crippen molar-refractivity contribution in [3.8, 4) is 0 Å². The summed E-state index contributed by atoms with van der Waals surface area (Å²) in [6, 6.07) is 13.6. The van der Waals surface area contributed by atoms with E-state index in [1.54, 1.807) is 24.8 Å². The fourth-order valence-corrected chi connectivity index (χ4v) is 4.74. The van der Waals surface area contributed by atoms with Crippen molar-refractivity contribution in [3.63, 3.8) is 0 Å². The van der Waals surface area contributed by atoms with E-state index in [0.29, 0.717) is 0 Å². The summed E-state index contributed by atoms with van der Waals surface area (Å²) in [5.74, 6) is -0.140. The Morgan fingerprint density at radius 2 is 1.76 bits per heavy atom. The molecule has 0 atom stereocenters. The lowest BCUT2D eigenvalue weighted by atomic mass is 10.1. The first-order valence-corrected chi connectivity index (χ1v) is 11.8. The lowest BCUT2D eigenvalue weighted by molar-refractivity contribution is 0.132. The maximum Gasteiger partial charge on any atom is 0.137 e. The number of aromatic nitrogens is 4. The Hall–Kier alpha value is -3.03. The average Bonchev–Trinajstić information content (AvgIpc) is 3.49. The lowest BCUT2D eigenvalue weighted by Gasteiger charge is -2.34. The number of fused-ring (bicyclic) bond motifs is 1. The molecule has 172 valence electrons. The smallest absolute Gasteiger partial charge is 0.137 e. The molecule has 3 heterocycles. The van der Waals surface area contributed by atoms with E-state index < -0.39 is 0 Å². The maximum atomic E-state index is 13.4. The summed E-state index contributed by atoms with van der Waals surface area (Å²) in [6.45, 7) is 7.27. The van der Waals surface area contributed by atoms with Gasteiger partial charge in [0.15, 0.2) is 0 Å². The highest BCUT2D eigenvalue weighted by molar-refractivity contribution is 5.83. The van der Waals surface area contributed by atoms with Crippen LogP contribution in [0.4, 0.5) is 4.39 Å². The third kappa shape index (κ3) is 5.67. The van der Waals surface area contributed by atoms with Gasteiger partial charge in [0.2, 0.25) is 0 Å². The van der Waals surface area contributed by atoms with Crippen LogP contribution in [0.25, 0.3) is 10.9 Å². The fourth-order valence-electron chi connectivity index (χ4n) is 4.74. The third-order valence-electron chi connectivity index (χ3n) is 6.63. The van der Waals surface area contributed by atoms with Crippen molar-refractivity contribution in [2.24, 2.45) is 0 Å². The van der Waals surface area contributed by atoms with Crippen molar-refractivity contribution < 1.29 is 4.39 Å². The predicted molar refractivity (Wildman–Crippen MR) is 129 cm³/mol. The molecule has 2 aromatic carbocycles. The highest BCUT2D eigenvalue weighted by Gasteiger charge is 2.16. The minimum atomic E-state index is -0.140. The number of benzene rings is 2. The molecule has 6 nitrogen and oxygen atoms in total. The third-order valence-corrected chi connectivity index (χ3v) is 6.63. The van der Waals surface area contributed by atoms with Crippen molar-refractivity contribution in [2.45, 2.75) is 25.8 Å². The molecule has 5 rings (SSSR count). The van der Waals surface area contributed by atoms with Gasteiger partial charge in [-0.3, -0.25) is 0 Å². The zero-order valence-corrected chi connectivity index (χ0v) is 19.0. The van der Waals surface area contributed by atoms with Crippen molar-refractivity contribution in [3.05, 3.63) is 83.8 Å². The minimum Gasteiger partial charge on any atom is -0.361 e. The van der Waals surface area contributed by atoms with Crippen LogP contribution in [0.3, 0.4) is 0 Å². The average molecular weight is 447 g/mol. The summed E-state index contributed by atoms with van der Waals surface area (Å²) in [4.78, 5) is 12.5. The first-order chi connectivity index (χ1) is 16.2. The van der Waals surface area contributed by atoms with Crippen LogP contribution in [0.5, 0.6) is 0 Å². The van der Waals surface area contributed by atoms with Crippen molar-refractivity contribution >= 4 is 10.9 Å². The second-order valence-corrected chi connectivity index (χ2v) is 8.95. The first-order valence-electron chi connectivity index (χ1n) is 11.8. The molecule has 0 aliphatic carbocycles. The van der Waals surface area contributed by atoms with Crippen LogP contribution < -0.4 is 0 Å². The van der Waals surface area contributed by atoms with E-state index in [-0.39, 0.29) is 5.82 Å². The molecular weight excluding hydrogens is 415 g/mol. The molecule has 7 heteroatoms. The number of hydrogen-bond donors (Lipinski definition) is 1. The highest BCUT2D eigenvalue weighted by Crippen LogP contribution is 2.22. The second-order valence-electron chi connectivity index (χ2n) is 8.95. The Kier molecular flexibility index (Phi) is 6.79. The quantitative estimate of drug-likeness (QED) is 0.426. The molecule has 0 bridgehead atoms. The monoisotopic (exact) mass is 446 g/mol. The molecule has 0 amide bonds. The minimum absolute atomic E-state index is 0.140. The SMILES string of the molecule is Fc1cccc(CCN2CCN(CCCc3c[nH]c4ccc(Cn5cncn5)cc34)CC2)c1. The number of rotatable bonds is 9. The molecule has 1 fully saturated rings. The molecule has 1 saturated heterocycles. The molecule has 33 heavy (non-hydrogen) atoms. The molecule has 0 radical (unpaired) electrons. The summed E-state index contributed by atoms with van der Waals surface area (Å²) in [5, 5.41) is 5.53. The maximum absolute atomic E-state index is 13.4. The van der Waals surface area contributed by atoms with Crippen molar-refractivity contribution in [1.82, 2.24) is 29.5 Å². The van der Waals surface area contributed by atoms with Gasteiger partial charge in [0.25, 0.3) is 0 Å². The van der Waals surface area contributed by atoms with Gasteiger partial charge >= 0.3 is 0 Å². The van der Waals surface area contributed by atoms with Crippen molar-refractivity contribution in [1.29, 1.82) is 0 Å². The van der Waals surface area contributed by atoms with Crippen molar-refractivity contribution in [2.75, 3.05) is 39.3 Å². The van der Waals surface area contributed by atoms with Crippen LogP contribution in [0.15, 0.2) is 61.3 Å². The van der Waals surface area contributed by atoms with E-state index in [1.165, 1.54) is 28.1 Å². The number of nitrogens with one attached hydrogen (secondary N) is 1. The van der Waals surface area contributed by atoms with Gasteiger partial charge in [-0.25, -0.2) is 14.1 Å². The molecule has 4 aromatic rings. The number of nitrogens with zero attached hydrogens (tertiary/aromatic N) is 5. The summed E-state index contributed by atoms with van der Waals surface area (Å²) < 4.78 is 15.2. The Morgan fingerprint density at radius 3 is 2.55 bits per heavy atom. The van der Waals surface area contributed by atoms with Crippen LogP contribution in [-0.4, -0.2) is 68.8 Å². The van der Waals surface area contributed by atoms with E-state index in [2.05, 4.69) is 49.3 Å². The van der Waals surface area contributed by atoms with Gasteiger partial charge in [-0.15, -0.1) is 0 Å². The molecule has 1 N–H and O–H groups in total. The van der Waals surface area contributed by atoms with E-state index in [0.717, 1.165) is 70.6 Å². The first kappa shape index (κ1) is 21.8. The van der Waals surface area contributed by atoms with Crippen LogP contribution >= 0.6 is 0 Å². The fraction of sp³-hybridized carbons (Fsp3) is 0.385.